The zero-order chi connectivity index (χ0) is 16.2. The molecule has 128 valence electrons. The van der Waals surface area contributed by atoms with E-state index in [1.807, 2.05) is 4.90 Å². The Hall–Kier alpha value is -0.980. The lowest BCUT2D eigenvalue weighted by molar-refractivity contribution is -0.138. The number of hydrogen-bond donors (Lipinski definition) is 0. The van der Waals surface area contributed by atoms with E-state index in [2.05, 4.69) is 18.8 Å². The van der Waals surface area contributed by atoms with Gasteiger partial charge in [0.05, 0.1) is 23.4 Å². The Bertz CT molecular complexity index is 520. The van der Waals surface area contributed by atoms with Gasteiger partial charge in [-0.3, -0.25) is 4.79 Å². The summed E-state index contributed by atoms with van der Waals surface area (Å²) in [5.74, 6) is 0.473. The molecule has 0 unspecified atom stereocenters. The highest BCUT2D eigenvalue weighted by Crippen LogP contribution is 2.31. The Morgan fingerprint density at radius 3 is 2.96 bits per heavy atom. The average molecular weight is 338 g/mol. The normalized spacial score (nSPS) is 25.0. The highest BCUT2D eigenvalue weighted by Gasteiger charge is 2.27. The number of aromatic nitrogens is 1. The van der Waals surface area contributed by atoms with E-state index in [0.717, 1.165) is 51.1 Å². The molecule has 0 radical (unpaired) electrons. The van der Waals surface area contributed by atoms with Gasteiger partial charge in [0.1, 0.15) is 6.61 Å². The van der Waals surface area contributed by atoms with E-state index in [4.69, 9.17) is 9.47 Å². The molecular weight excluding hydrogens is 312 g/mol. The second-order valence-electron chi connectivity index (χ2n) is 6.52. The van der Waals surface area contributed by atoms with Crippen molar-refractivity contribution in [3.8, 4) is 0 Å². The fourth-order valence-electron chi connectivity index (χ4n) is 3.22. The van der Waals surface area contributed by atoms with Crippen molar-refractivity contribution >= 4 is 17.2 Å². The monoisotopic (exact) mass is 338 g/mol. The average Bonchev–Trinajstić information content (AvgIpc) is 3.18. The summed E-state index contributed by atoms with van der Waals surface area (Å²) >= 11 is 1.77. The SMILES string of the molecule is Cc1nc([C@@H]2CCCN(C(=O)COC[C@@H]3CCCO3)C2)sc1C. The van der Waals surface area contributed by atoms with Crippen LogP contribution in [0.2, 0.25) is 0 Å². The standard InChI is InChI=1S/C17H26N2O3S/c1-12-13(2)23-17(18-12)14-5-3-7-19(9-14)16(20)11-21-10-15-6-4-8-22-15/h14-15H,3-11H2,1-2H3/t14-,15+/m1/s1. The molecule has 1 aromatic rings. The highest BCUT2D eigenvalue weighted by atomic mass is 32.1. The minimum Gasteiger partial charge on any atom is -0.376 e. The van der Waals surface area contributed by atoms with Gasteiger partial charge in [-0.25, -0.2) is 4.98 Å². The Labute approximate surface area is 142 Å². The molecule has 2 saturated heterocycles. The maximum absolute atomic E-state index is 12.4. The summed E-state index contributed by atoms with van der Waals surface area (Å²) < 4.78 is 11.1. The van der Waals surface area contributed by atoms with E-state index in [-0.39, 0.29) is 18.6 Å². The van der Waals surface area contributed by atoms with Crippen molar-refractivity contribution in [3.05, 3.63) is 15.6 Å². The first-order valence-electron chi connectivity index (χ1n) is 8.54. The summed E-state index contributed by atoms with van der Waals surface area (Å²) in [7, 11) is 0. The minimum absolute atomic E-state index is 0.0951. The van der Waals surface area contributed by atoms with Gasteiger partial charge in [0.2, 0.25) is 5.91 Å². The van der Waals surface area contributed by atoms with Crippen LogP contribution in [-0.4, -0.2) is 54.8 Å². The van der Waals surface area contributed by atoms with E-state index in [1.54, 1.807) is 11.3 Å². The number of carbonyl (C=O) groups is 1. The zero-order valence-electron chi connectivity index (χ0n) is 14.0. The number of nitrogens with zero attached hydrogens (tertiary/aromatic N) is 2. The number of amides is 1. The number of rotatable bonds is 5. The molecule has 3 heterocycles. The van der Waals surface area contributed by atoms with E-state index in [1.165, 1.54) is 9.88 Å². The summed E-state index contributed by atoms with van der Waals surface area (Å²) in [5, 5.41) is 1.18. The molecule has 0 spiro atoms. The molecule has 0 saturated carbocycles. The third-order valence-corrected chi connectivity index (χ3v) is 5.96. The van der Waals surface area contributed by atoms with Crippen molar-refractivity contribution in [3.63, 3.8) is 0 Å². The predicted octanol–water partition coefficient (Wildman–Crippen LogP) is 2.66. The molecule has 5 nitrogen and oxygen atoms in total. The lowest BCUT2D eigenvalue weighted by Crippen LogP contribution is -2.41. The smallest absolute Gasteiger partial charge is 0.248 e. The summed E-state index contributed by atoms with van der Waals surface area (Å²) in [6, 6.07) is 0. The number of ether oxygens (including phenoxy) is 2. The van der Waals surface area contributed by atoms with Crippen molar-refractivity contribution in [1.82, 2.24) is 9.88 Å². The second kappa shape index (κ2) is 7.73. The van der Waals surface area contributed by atoms with Crippen molar-refractivity contribution in [2.45, 2.75) is 51.6 Å². The van der Waals surface area contributed by atoms with E-state index < -0.39 is 0 Å². The van der Waals surface area contributed by atoms with Gasteiger partial charge < -0.3 is 14.4 Å². The molecule has 3 rings (SSSR count). The van der Waals surface area contributed by atoms with Crippen LogP contribution in [0.15, 0.2) is 0 Å². The summed E-state index contributed by atoms with van der Waals surface area (Å²) in [6.07, 6.45) is 4.48. The molecule has 0 bridgehead atoms. The van der Waals surface area contributed by atoms with Crippen LogP contribution in [0.5, 0.6) is 0 Å². The number of aryl methyl sites for hydroxylation is 2. The van der Waals surface area contributed by atoms with Gasteiger partial charge in [0.25, 0.3) is 0 Å². The molecule has 1 amide bonds. The molecule has 1 aromatic heterocycles. The van der Waals surface area contributed by atoms with Crippen LogP contribution in [0, 0.1) is 13.8 Å². The molecule has 23 heavy (non-hydrogen) atoms. The van der Waals surface area contributed by atoms with E-state index in [0.29, 0.717) is 12.5 Å². The van der Waals surface area contributed by atoms with Crippen LogP contribution in [0.25, 0.3) is 0 Å². The number of piperidine rings is 1. The molecule has 0 aliphatic carbocycles. The Kier molecular flexibility index (Phi) is 5.67. The van der Waals surface area contributed by atoms with E-state index >= 15 is 0 Å². The number of likely N-dealkylation sites (tertiary alicyclic amines) is 1. The van der Waals surface area contributed by atoms with E-state index in [9.17, 15) is 4.79 Å². The van der Waals surface area contributed by atoms with Gasteiger partial charge in [-0.1, -0.05) is 0 Å². The number of carbonyl (C=O) groups excluding carboxylic acids is 1. The molecule has 2 aliphatic rings. The van der Waals surface area contributed by atoms with Crippen molar-refractivity contribution in [2.24, 2.45) is 0 Å². The first-order valence-corrected chi connectivity index (χ1v) is 9.36. The molecule has 2 fully saturated rings. The molecule has 6 heteroatoms. The predicted molar refractivity (Wildman–Crippen MR) is 89.9 cm³/mol. The number of hydrogen-bond acceptors (Lipinski definition) is 5. The van der Waals surface area contributed by atoms with Crippen molar-refractivity contribution in [2.75, 3.05) is 32.9 Å². The minimum atomic E-state index is 0.0951. The summed E-state index contributed by atoms with van der Waals surface area (Å²) in [5.41, 5.74) is 1.12. The Balaban J connectivity index is 1.48. The first kappa shape index (κ1) is 16.9. The molecule has 0 N–H and O–H groups in total. The third kappa shape index (κ3) is 4.31. The van der Waals surface area contributed by atoms with Crippen LogP contribution >= 0.6 is 11.3 Å². The van der Waals surface area contributed by atoms with Gasteiger partial charge >= 0.3 is 0 Å². The largest absolute Gasteiger partial charge is 0.376 e. The van der Waals surface area contributed by atoms with Gasteiger partial charge in [-0.2, -0.15) is 0 Å². The van der Waals surface area contributed by atoms with Crippen molar-refractivity contribution < 1.29 is 14.3 Å². The second-order valence-corrected chi connectivity index (χ2v) is 7.76. The Morgan fingerprint density at radius 2 is 2.26 bits per heavy atom. The molecular formula is C17H26N2O3S. The molecule has 2 aliphatic heterocycles. The Morgan fingerprint density at radius 1 is 1.39 bits per heavy atom. The van der Waals surface area contributed by atoms with Crippen LogP contribution in [0.4, 0.5) is 0 Å². The van der Waals surface area contributed by atoms with Gasteiger partial charge in [-0.15, -0.1) is 11.3 Å². The summed E-state index contributed by atoms with van der Waals surface area (Å²) in [4.78, 5) is 20.3. The molecule has 0 aromatic carbocycles. The van der Waals surface area contributed by atoms with Gasteiger partial charge in [0.15, 0.2) is 0 Å². The first-order chi connectivity index (χ1) is 11.1. The topological polar surface area (TPSA) is 51.7 Å². The van der Waals surface area contributed by atoms with Crippen LogP contribution in [-0.2, 0) is 14.3 Å². The summed E-state index contributed by atoms with van der Waals surface area (Å²) in [6.45, 7) is 7.30. The van der Waals surface area contributed by atoms with Crippen molar-refractivity contribution in [1.29, 1.82) is 0 Å². The van der Waals surface area contributed by atoms with Crippen LogP contribution in [0.3, 0.4) is 0 Å². The van der Waals surface area contributed by atoms with Crippen LogP contribution in [0.1, 0.15) is 47.2 Å². The third-order valence-electron chi connectivity index (χ3n) is 4.72. The fourth-order valence-corrected chi connectivity index (χ4v) is 4.27. The molecule has 2 atom stereocenters. The zero-order valence-corrected chi connectivity index (χ0v) is 14.9. The fraction of sp³-hybridized carbons (Fsp3) is 0.765. The lowest BCUT2D eigenvalue weighted by Gasteiger charge is -2.31. The highest BCUT2D eigenvalue weighted by molar-refractivity contribution is 7.11. The van der Waals surface area contributed by atoms with Gasteiger partial charge in [0, 0.05) is 30.5 Å². The van der Waals surface area contributed by atoms with Crippen LogP contribution < -0.4 is 0 Å². The quantitative estimate of drug-likeness (QED) is 0.828. The lowest BCUT2D eigenvalue weighted by atomic mass is 9.99. The maximum Gasteiger partial charge on any atom is 0.248 e. The number of thiazole rings is 1. The van der Waals surface area contributed by atoms with Gasteiger partial charge in [-0.05, 0) is 39.5 Å². The maximum atomic E-state index is 12.4.